The number of halogens is 2. The first-order valence-corrected chi connectivity index (χ1v) is 8.82. The smallest absolute Gasteiger partial charge is 0.225 e. The Labute approximate surface area is 150 Å². The van der Waals surface area contributed by atoms with Crippen LogP contribution in [0.15, 0.2) is 18.2 Å². The molecule has 128 valence electrons. The molecule has 0 spiro atoms. The van der Waals surface area contributed by atoms with E-state index in [-0.39, 0.29) is 18.3 Å². The Bertz CT molecular complexity index is 530. The quantitative estimate of drug-likeness (QED) is 0.850. The van der Waals surface area contributed by atoms with Crippen molar-refractivity contribution in [2.75, 3.05) is 18.4 Å². The standard InChI is InChI=1S/C18H25ClN2O.ClH/c1-13-5-2-8-15(19)18(13)20-17(22)10-12-21-11-4-7-14-6-3-9-16(14)21;/h2,5,8,14,16H,3-4,6-7,9-12H2,1H3,(H,20,22);1H/t14-,16-;/m0./s1. The molecule has 1 aliphatic carbocycles. The lowest BCUT2D eigenvalue weighted by atomic mass is 9.92. The maximum Gasteiger partial charge on any atom is 0.225 e. The number of benzene rings is 1. The second-order valence-electron chi connectivity index (χ2n) is 6.67. The normalized spacial score (nSPS) is 23.9. The van der Waals surface area contributed by atoms with Gasteiger partial charge in [-0.2, -0.15) is 0 Å². The number of fused-ring (bicyclic) bond motifs is 1. The number of piperidine rings is 1. The molecule has 1 aromatic carbocycles. The van der Waals surface area contributed by atoms with E-state index in [9.17, 15) is 4.79 Å². The Morgan fingerprint density at radius 1 is 1.30 bits per heavy atom. The number of nitrogens with zero attached hydrogens (tertiary/aromatic N) is 1. The maximum absolute atomic E-state index is 12.3. The molecular weight excluding hydrogens is 331 g/mol. The van der Waals surface area contributed by atoms with Crippen LogP contribution < -0.4 is 5.32 Å². The highest BCUT2D eigenvalue weighted by molar-refractivity contribution is 6.33. The number of hydrogen-bond donors (Lipinski definition) is 1. The largest absolute Gasteiger partial charge is 0.325 e. The molecule has 1 aliphatic heterocycles. The summed E-state index contributed by atoms with van der Waals surface area (Å²) in [5.41, 5.74) is 1.77. The van der Waals surface area contributed by atoms with Crippen molar-refractivity contribution >= 4 is 35.6 Å². The fourth-order valence-electron chi connectivity index (χ4n) is 4.07. The molecular formula is C18H26Cl2N2O. The van der Waals surface area contributed by atoms with Crippen LogP contribution in [-0.2, 0) is 4.79 Å². The fourth-order valence-corrected chi connectivity index (χ4v) is 4.34. The van der Waals surface area contributed by atoms with Gasteiger partial charge in [0.15, 0.2) is 0 Å². The molecule has 1 saturated heterocycles. The van der Waals surface area contributed by atoms with E-state index in [4.69, 9.17) is 11.6 Å². The predicted octanol–water partition coefficient (Wildman–Crippen LogP) is 4.66. The van der Waals surface area contributed by atoms with Crippen LogP contribution in [0.5, 0.6) is 0 Å². The summed E-state index contributed by atoms with van der Waals surface area (Å²) in [7, 11) is 0. The Morgan fingerprint density at radius 3 is 2.87 bits per heavy atom. The van der Waals surface area contributed by atoms with Crippen LogP contribution in [0.2, 0.25) is 5.02 Å². The predicted molar refractivity (Wildman–Crippen MR) is 98.6 cm³/mol. The van der Waals surface area contributed by atoms with E-state index in [1.807, 2.05) is 25.1 Å². The van der Waals surface area contributed by atoms with Crippen molar-refractivity contribution in [3.63, 3.8) is 0 Å². The number of hydrogen-bond acceptors (Lipinski definition) is 2. The highest BCUT2D eigenvalue weighted by Crippen LogP contribution is 2.36. The van der Waals surface area contributed by atoms with Crippen molar-refractivity contribution in [3.05, 3.63) is 28.8 Å². The van der Waals surface area contributed by atoms with Crippen LogP contribution in [0, 0.1) is 12.8 Å². The first kappa shape index (κ1) is 18.6. The fraction of sp³-hybridized carbons (Fsp3) is 0.611. The second-order valence-corrected chi connectivity index (χ2v) is 7.07. The first-order valence-electron chi connectivity index (χ1n) is 8.44. The second kappa shape index (κ2) is 8.36. The summed E-state index contributed by atoms with van der Waals surface area (Å²) in [6.45, 7) is 3.99. The van der Waals surface area contributed by atoms with E-state index in [0.717, 1.165) is 36.3 Å². The molecule has 5 heteroatoms. The molecule has 1 aromatic rings. The van der Waals surface area contributed by atoms with Gasteiger partial charge in [0.1, 0.15) is 0 Å². The van der Waals surface area contributed by atoms with Crippen LogP contribution in [0.1, 0.15) is 44.1 Å². The van der Waals surface area contributed by atoms with Gasteiger partial charge in [-0.25, -0.2) is 0 Å². The minimum atomic E-state index is 0. The number of rotatable bonds is 4. The Hall–Kier alpha value is -0.770. The van der Waals surface area contributed by atoms with Gasteiger partial charge in [-0.1, -0.05) is 30.2 Å². The van der Waals surface area contributed by atoms with E-state index < -0.39 is 0 Å². The number of para-hydroxylation sites is 1. The van der Waals surface area contributed by atoms with Gasteiger partial charge in [0, 0.05) is 19.0 Å². The third-order valence-electron chi connectivity index (χ3n) is 5.22. The van der Waals surface area contributed by atoms with Crippen LogP contribution in [0.4, 0.5) is 5.69 Å². The summed E-state index contributed by atoms with van der Waals surface area (Å²) in [6, 6.07) is 6.41. The van der Waals surface area contributed by atoms with Crippen LogP contribution in [-0.4, -0.2) is 29.9 Å². The van der Waals surface area contributed by atoms with Gasteiger partial charge in [-0.05, 0) is 56.7 Å². The molecule has 1 saturated carbocycles. The number of nitrogens with one attached hydrogen (secondary N) is 1. The molecule has 0 radical (unpaired) electrons. The molecule has 1 heterocycles. The van der Waals surface area contributed by atoms with Gasteiger partial charge in [0.25, 0.3) is 0 Å². The van der Waals surface area contributed by atoms with Crippen LogP contribution >= 0.6 is 24.0 Å². The highest BCUT2D eigenvalue weighted by Gasteiger charge is 2.34. The molecule has 3 rings (SSSR count). The zero-order valence-corrected chi connectivity index (χ0v) is 15.3. The van der Waals surface area contributed by atoms with Gasteiger partial charge in [0.2, 0.25) is 5.91 Å². The summed E-state index contributed by atoms with van der Waals surface area (Å²) in [6.07, 6.45) is 7.27. The Morgan fingerprint density at radius 2 is 2.09 bits per heavy atom. The molecule has 2 atom stereocenters. The topological polar surface area (TPSA) is 32.3 Å². The van der Waals surface area contributed by atoms with Crippen LogP contribution in [0.25, 0.3) is 0 Å². The molecule has 2 fully saturated rings. The molecule has 0 aromatic heterocycles. The van der Waals surface area contributed by atoms with E-state index in [2.05, 4.69) is 10.2 Å². The lowest BCUT2D eigenvalue weighted by Crippen LogP contribution is -2.43. The molecule has 1 N–H and O–H groups in total. The summed E-state index contributed by atoms with van der Waals surface area (Å²) in [4.78, 5) is 14.8. The van der Waals surface area contributed by atoms with E-state index in [1.54, 1.807) is 0 Å². The zero-order valence-electron chi connectivity index (χ0n) is 13.7. The summed E-state index contributed by atoms with van der Waals surface area (Å²) in [5.74, 6) is 0.943. The van der Waals surface area contributed by atoms with Crippen molar-refractivity contribution in [3.8, 4) is 0 Å². The molecule has 0 bridgehead atoms. The molecule has 3 nitrogen and oxygen atoms in total. The van der Waals surface area contributed by atoms with Crippen molar-refractivity contribution in [1.82, 2.24) is 4.90 Å². The van der Waals surface area contributed by atoms with Gasteiger partial charge in [-0.15, -0.1) is 12.4 Å². The SMILES string of the molecule is Cc1cccc(Cl)c1NC(=O)CCN1CCC[C@@H]2CCC[C@@H]21.Cl. The lowest BCUT2D eigenvalue weighted by molar-refractivity contribution is -0.116. The van der Waals surface area contributed by atoms with E-state index in [0.29, 0.717) is 11.4 Å². The zero-order chi connectivity index (χ0) is 15.5. The molecule has 1 amide bonds. The van der Waals surface area contributed by atoms with Gasteiger partial charge >= 0.3 is 0 Å². The summed E-state index contributed by atoms with van der Waals surface area (Å²) >= 11 is 6.17. The minimum Gasteiger partial charge on any atom is -0.325 e. The number of anilines is 1. The summed E-state index contributed by atoms with van der Waals surface area (Å²) < 4.78 is 0. The van der Waals surface area contributed by atoms with Gasteiger partial charge in [0.05, 0.1) is 10.7 Å². The Kier molecular flexibility index (Phi) is 6.75. The molecule has 2 aliphatic rings. The van der Waals surface area contributed by atoms with Crippen molar-refractivity contribution in [1.29, 1.82) is 0 Å². The van der Waals surface area contributed by atoms with Gasteiger partial charge < -0.3 is 5.32 Å². The van der Waals surface area contributed by atoms with Crippen molar-refractivity contribution in [2.24, 2.45) is 5.92 Å². The summed E-state index contributed by atoms with van der Waals surface area (Å²) in [5, 5.41) is 3.59. The van der Waals surface area contributed by atoms with E-state index >= 15 is 0 Å². The van der Waals surface area contributed by atoms with Gasteiger partial charge in [-0.3, -0.25) is 9.69 Å². The number of aryl methyl sites for hydroxylation is 1. The third-order valence-corrected chi connectivity index (χ3v) is 5.54. The Balaban J connectivity index is 0.00000192. The number of carbonyl (C=O) groups excluding carboxylic acids is 1. The monoisotopic (exact) mass is 356 g/mol. The minimum absolute atomic E-state index is 0. The molecule has 23 heavy (non-hydrogen) atoms. The average Bonchev–Trinajstić information content (AvgIpc) is 2.98. The van der Waals surface area contributed by atoms with Crippen LogP contribution in [0.3, 0.4) is 0 Å². The third kappa shape index (κ3) is 4.40. The number of carbonyl (C=O) groups is 1. The molecule has 0 unspecified atom stereocenters. The lowest BCUT2D eigenvalue weighted by Gasteiger charge is -2.37. The van der Waals surface area contributed by atoms with Crippen molar-refractivity contribution in [2.45, 2.75) is 51.5 Å². The van der Waals surface area contributed by atoms with E-state index in [1.165, 1.54) is 32.1 Å². The number of likely N-dealkylation sites (tertiary alicyclic amines) is 1. The highest BCUT2D eigenvalue weighted by atomic mass is 35.5. The average molecular weight is 357 g/mol. The first-order chi connectivity index (χ1) is 10.6. The van der Waals surface area contributed by atoms with Crippen molar-refractivity contribution < 1.29 is 4.79 Å². The maximum atomic E-state index is 12.3. The number of amides is 1.